The second kappa shape index (κ2) is 5.24. The van der Waals surface area contributed by atoms with Gasteiger partial charge >= 0.3 is 5.97 Å². The van der Waals surface area contributed by atoms with Gasteiger partial charge < -0.3 is 25.6 Å². The fraction of sp³-hybridized carbons (Fsp3) is 0.417. The first-order valence-electron chi connectivity index (χ1n) is 5.72. The number of nitrogens with zero attached hydrogens (tertiary/aromatic N) is 1. The normalized spacial score (nSPS) is 19.8. The van der Waals surface area contributed by atoms with Crippen LogP contribution in [-0.2, 0) is 4.74 Å². The number of ether oxygens (including phenoxy) is 1. The Morgan fingerprint density at radius 1 is 1.56 bits per heavy atom. The van der Waals surface area contributed by atoms with Crippen LogP contribution in [0.4, 0.5) is 11.4 Å². The Balaban J connectivity index is 2.22. The minimum absolute atomic E-state index is 0.0444. The number of nitrogen functional groups attached to an aromatic ring is 1. The second-order valence-corrected chi connectivity index (χ2v) is 4.20. The molecule has 2 rings (SSSR count). The van der Waals surface area contributed by atoms with Crippen LogP contribution in [0.25, 0.3) is 0 Å². The van der Waals surface area contributed by atoms with Crippen LogP contribution in [0, 0.1) is 0 Å². The van der Waals surface area contributed by atoms with Gasteiger partial charge in [0.1, 0.15) is 0 Å². The van der Waals surface area contributed by atoms with E-state index < -0.39 is 5.97 Å². The van der Waals surface area contributed by atoms with Crippen molar-refractivity contribution in [2.24, 2.45) is 0 Å². The molecule has 6 nitrogen and oxygen atoms in total. The molecule has 1 atom stereocenters. The van der Waals surface area contributed by atoms with Crippen molar-refractivity contribution in [2.45, 2.75) is 6.10 Å². The number of benzene rings is 1. The van der Waals surface area contributed by atoms with Gasteiger partial charge in [0.2, 0.25) is 0 Å². The van der Waals surface area contributed by atoms with Crippen LogP contribution in [-0.4, -0.2) is 48.6 Å². The Hall–Kier alpha value is -1.79. The summed E-state index contributed by atoms with van der Waals surface area (Å²) >= 11 is 0. The molecule has 1 saturated heterocycles. The summed E-state index contributed by atoms with van der Waals surface area (Å²) in [5.74, 6) is -1.04. The summed E-state index contributed by atoms with van der Waals surface area (Å²) in [5, 5.41) is 18.1. The van der Waals surface area contributed by atoms with Crippen LogP contribution in [0.5, 0.6) is 0 Å². The van der Waals surface area contributed by atoms with Gasteiger partial charge in [-0.15, -0.1) is 0 Å². The number of carboxylic acids is 1. The fourth-order valence-electron chi connectivity index (χ4n) is 1.99. The maximum atomic E-state index is 11.0. The van der Waals surface area contributed by atoms with Crippen LogP contribution in [0.3, 0.4) is 0 Å². The first kappa shape index (κ1) is 12.7. The summed E-state index contributed by atoms with van der Waals surface area (Å²) < 4.78 is 5.35. The van der Waals surface area contributed by atoms with Crippen molar-refractivity contribution in [3.8, 4) is 0 Å². The van der Waals surface area contributed by atoms with Crippen LogP contribution in [0.2, 0.25) is 0 Å². The molecule has 1 heterocycles. The summed E-state index contributed by atoms with van der Waals surface area (Å²) in [6.07, 6.45) is -0.232. The standard InChI is InChI=1S/C12H16N2O4/c13-11-2-1-8(5-10(11)12(16)17)14-3-4-18-9(6-14)7-15/h1-2,5,9,15H,3-4,6-7,13H2,(H,16,17). The third-order valence-corrected chi connectivity index (χ3v) is 2.97. The van der Waals surface area contributed by atoms with Gasteiger partial charge in [0.15, 0.2) is 0 Å². The zero-order valence-corrected chi connectivity index (χ0v) is 9.87. The minimum atomic E-state index is -1.04. The number of carbonyl (C=O) groups is 1. The summed E-state index contributed by atoms with van der Waals surface area (Å²) in [4.78, 5) is 13.0. The quantitative estimate of drug-likeness (QED) is 0.663. The van der Waals surface area contributed by atoms with E-state index in [1.54, 1.807) is 18.2 Å². The number of morpholine rings is 1. The van der Waals surface area contributed by atoms with Gasteiger partial charge in [0, 0.05) is 24.5 Å². The first-order valence-corrected chi connectivity index (χ1v) is 5.72. The van der Waals surface area contributed by atoms with Gasteiger partial charge in [-0.1, -0.05) is 0 Å². The Morgan fingerprint density at radius 2 is 2.33 bits per heavy atom. The number of anilines is 2. The number of aliphatic hydroxyl groups excluding tert-OH is 1. The third-order valence-electron chi connectivity index (χ3n) is 2.97. The maximum Gasteiger partial charge on any atom is 0.337 e. The Morgan fingerprint density at radius 3 is 3.00 bits per heavy atom. The Labute approximate surface area is 105 Å². The van der Waals surface area contributed by atoms with E-state index in [2.05, 4.69) is 0 Å². The predicted molar refractivity (Wildman–Crippen MR) is 66.9 cm³/mol. The minimum Gasteiger partial charge on any atom is -0.478 e. The summed E-state index contributed by atoms with van der Waals surface area (Å²) in [5.41, 5.74) is 6.74. The molecular formula is C12H16N2O4. The van der Waals surface area contributed by atoms with E-state index in [4.69, 9.17) is 20.7 Å². The number of hydrogen-bond acceptors (Lipinski definition) is 5. The molecule has 18 heavy (non-hydrogen) atoms. The molecule has 1 aromatic carbocycles. The molecule has 4 N–H and O–H groups in total. The van der Waals surface area contributed by atoms with Crippen LogP contribution < -0.4 is 10.6 Å². The second-order valence-electron chi connectivity index (χ2n) is 4.20. The highest BCUT2D eigenvalue weighted by Gasteiger charge is 2.21. The molecule has 0 aliphatic carbocycles. The van der Waals surface area contributed by atoms with Crippen LogP contribution in [0.15, 0.2) is 18.2 Å². The smallest absolute Gasteiger partial charge is 0.337 e. The molecule has 1 unspecified atom stereocenters. The highest BCUT2D eigenvalue weighted by molar-refractivity contribution is 5.94. The van der Waals surface area contributed by atoms with Crippen molar-refractivity contribution in [3.63, 3.8) is 0 Å². The zero-order chi connectivity index (χ0) is 13.1. The lowest BCUT2D eigenvalue weighted by Gasteiger charge is -2.33. The largest absolute Gasteiger partial charge is 0.478 e. The Bertz CT molecular complexity index is 450. The van der Waals surface area contributed by atoms with Crippen molar-refractivity contribution >= 4 is 17.3 Å². The van der Waals surface area contributed by atoms with E-state index >= 15 is 0 Å². The van der Waals surface area contributed by atoms with E-state index in [1.165, 1.54) is 0 Å². The van der Waals surface area contributed by atoms with Crippen molar-refractivity contribution < 1.29 is 19.7 Å². The lowest BCUT2D eigenvalue weighted by molar-refractivity contribution is 0.00357. The SMILES string of the molecule is Nc1ccc(N2CCOC(CO)C2)cc1C(=O)O. The summed E-state index contributed by atoms with van der Waals surface area (Å²) in [7, 11) is 0. The van der Waals surface area contributed by atoms with E-state index in [-0.39, 0.29) is 24.0 Å². The average Bonchev–Trinajstić information content (AvgIpc) is 2.39. The molecule has 98 valence electrons. The highest BCUT2D eigenvalue weighted by Crippen LogP contribution is 2.23. The molecule has 1 aromatic rings. The topological polar surface area (TPSA) is 96.0 Å². The van der Waals surface area contributed by atoms with Crippen molar-refractivity contribution in [1.29, 1.82) is 0 Å². The number of nitrogens with two attached hydrogens (primary N) is 1. The summed E-state index contributed by atoms with van der Waals surface area (Å²) in [6.45, 7) is 1.67. The number of hydrogen-bond donors (Lipinski definition) is 3. The molecule has 0 saturated carbocycles. The molecule has 1 fully saturated rings. The van der Waals surface area contributed by atoms with Gasteiger partial charge in [-0.25, -0.2) is 4.79 Å². The predicted octanol–water partition coefficient (Wildman–Crippen LogP) is 0.164. The molecular weight excluding hydrogens is 236 g/mol. The lowest BCUT2D eigenvalue weighted by Crippen LogP contribution is -2.44. The maximum absolute atomic E-state index is 11.0. The van der Waals surface area contributed by atoms with Crippen molar-refractivity contribution in [2.75, 3.05) is 36.9 Å². The van der Waals surface area contributed by atoms with Gasteiger partial charge in [0.25, 0.3) is 0 Å². The molecule has 1 aliphatic rings. The van der Waals surface area contributed by atoms with Crippen LogP contribution in [0.1, 0.15) is 10.4 Å². The number of aliphatic hydroxyl groups is 1. The summed E-state index contributed by atoms with van der Waals surface area (Å²) in [6, 6.07) is 4.92. The van der Waals surface area contributed by atoms with E-state index in [0.717, 1.165) is 5.69 Å². The third kappa shape index (κ3) is 2.55. The molecule has 0 aromatic heterocycles. The molecule has 1 aliphatic heterocycles. The van der Waals surface area contributed by atoms with Crippen molar-refractivity contribution in [1.82, 2.24) is 0 Å². The number of aromatic carboxylic acids is 1. The van der Waals surface area contributed by atoms with Crippen molar-refractivity contribution in [3.05, 3.63) is 23.8 Å². The van der Waals surface area contributed by atoms with E-state index in [1.807, 2.05) is 4.90 Å². The van der Waals surface area contributed by atoms with E-state index in [0.29, 0.717) is 19.7 Å². The lowest BCUT2D eigenvalue weighted by atomic mass is 10.1. The van der Waals surface area contributed by atoms with Gasteiger partial charge in [-0.05, 0) is 18.2 Å². The average molecular weight is 252 g/mol. The molecule has 0 bridgehead atoms. The highest BCUT2D eigenvalue weighted by atomic mass is 16.5. The van der Waals surface area contributed by atoms with E-state index in [9.17, 15) is 4.79 Å². The first-order chi connectivity index (χ1) is 8.61. The molecule has 0 spiro atoms. The van der Waals surface area contributed by atoms with Gasteiger partial charge in [-0.2, -0.15) is 0 Å². The monoisotopic (exact) mass is 252 g/mol. The van der Waals surface area contributed by atoms with Gasteiger partial charge in [0.05, 0.1) is 24.9 Å². The zero-order valence-electron chi connectivity index (χ0n) is 9.87. The fourth-order valence-corrected chi connectivity index (χ4v) is 1.99. The molecule has 0 amide bonds. The number of rotatable bonds is 3. The van der Waals surface area contributed by atoms with Gasteiger partial charge in [-0.3, -0.25) is 0 Å². The number of carboxylic acid groups (broad SMARTS) is 1. The Kier molecular flexibility index (Phi) is 3.69. The molecule has 0 radical (unpaired) electrons. The molecule has 6 heteroatoms. The van der Waals surface area contributed by atoms with Crippen LogP contribution >= 0.6 is 0 Å².